The minimum atomic E-state index is 0.271. The lowest BCUT2D eigenvalue weighted by atomic mass is 9.84. The molecule has 0 aliphatic carbocycles. The molecule has 0 unspecified atom stereocenters. The first kappa shape index (κ1) is 14.1. The Morgan fingerprint density at radius 2 is 2.18 bits per heavy atom. The Kier molecular flexibility index (Phi) is 5.58. The average Bonchev–Trinajstić information content (AvgIpc) is 2.71. The molecule has 5 heteroatoms. The molecule has 0 fully saturated rings. The Morgan fingerprint density at radius 1 is 1.41 bits per heavy atom. The van der Waals surface area contributed by atoms with Gasteiger partial charge in [-0.15, -0.1) is 10.2 Å². The maximum absolute atomic E-state index is 5.61. The van der Waals surface area contributed by atoms with Crippen molar-refractivity contribution in [2.24, 2.45) is 11.1 Å². The van der Waals surface area contributed by atoms with Crippen molar-refractivity contribution in [2.75, 3.05) is 20.3 Å². The van der Waals surface area contributed by atoms with Crippen molar-refractivity contribution in [1.29, 1.82) is 0 Å². The number of ether oxygens (including phenoxy) is 1. The molecule has 98 valence electrons. The van der Waals surface area contributed by atoms with Crippen molar-refractivity contribution in [3.05, 3.63) is 12.2 Å². The second kappa shape index (κ2) is 6.71. The van der Waals surface area contributed by atoms with E-state index in [0.29, 0.717) is 6.61 Å². The molecule has 0 spiro atoms. The number of hydrogen-bond acceptors (Lipinski definition) is 4. The molecule has 1 heterocycles. The Labute approximate surface area is 103 Å². The van der Waals surface area contributed by atoms with Crippen molar-refractivity contribution in [1.82, 2.24) is 14.8 Å². The van der Waals surface area contributed by atoms with Gasteiger partial charge >= 0.3 is 0 Å². The molecule has 2 N–H and O–H groups in total. The van der Waals surface area contributed by atoms with Gasteiger partial charge in [0.1, 0.15) is 12.2 Å². The zero-order chi connectivity index (χ0) is 12.7. The number of nitrogens with zero attached hydrogens (tertiary/aromatic N) is 3. The van der Waals surface area contributed by atoms with E-state index in [0.717, 1.165) is 38.2 Å². The molecule has 1 aromatic heterocycles. The van der Waals surface area contributed by atoms with Crippen molar-refractivity contribution < 1.29 is 4.74 Å². The van der Waals surface area contributed by atoms with Crippen LogP contribution < -0.4 is 5.73 Å². The molecule has 0 aliphatic heterocycles. The number of nitrogens with two attached hydrogens (primary N) is 1. The minimum absolute atomic E-state index is 0.271. The van der Waals surface area contributed by atoms with Crippen LogP contribution in [-0.2, 0) is 17.7 Å². The number of methoxy groups -OCH3 is 1. The largest absolute Gasteiger partial charge is 0.383 e. The van der Waals surface area contributed by atoms with Crippen LogP contribution in [0.2, 0.25) is 0 Å². The molecular formula is C12H24N4O. The quantitative estimate of drug-likeness (QED) is 0.742. The SMILES string of the molecule is COCCn1cnnc1CCC(C)(C)CCN. The predicted octanol–water partition coefficient (Wildman–Crippen LogP) is 1.23. The molecular weight excluding hydrogens is 216 g/mol. The molecule has 0 saturated heterocycles. The van der Waals surface area contributed by atoms with E-state index in [-0.39, 0.29) is 5.41 Å². The molecule has 0 aliphatic rings. The van der Waals surface area contributed by atoms with E-state index in [9.17, 15) is 0 Å². The highest BCUT2D eigenvalue weighted by molar-refractivity contribution is 4.88. The van der Waals surface area contributed by atoms with Crippen molar-refractivity contribution in [2.45, 2.75) is 39.7 Å². The van der Waals surface area contributed by atoms with Gasteiger partial charge in [-0.05, 0) is 24.8 Å². The first-order chi connectivity index (χ1) is 8.09. The zero-order valence-electron chi connectivity index (χ0n) is 11.1. The van der Waals surface area contributed by atoms with E-state index in [2.05, 4.69) is 28.6 Å². The molecule has 17 heavy (non-hydrogen) atoms. The van der Waals surface area contributed by atoms with Crippen molar-refractivity contribution in [3.63, 3.8) is 0 Å². The van der Waals surface area contributed by atoms with Gasteiger partial charge in [0.25, 0.3) is 0 Å². The van der Waals surface area contributed by atoms with E-state index in [1.54, 1.807) is 13.4 Å². The van der Waals surface area contributed by atoms with Crippen LogP contribution in [0.5, 0.6) is 0 Å². The smallest absolute Gasteiger partial charge is 0.132 e. The maximum atomic E-state index is 5.61. The normalized spacial score (nSPS) is 12.0. The molecule has 0 radical (unpaired) electrons. The zero-order valence-corrected chi connectivity index (χ0v) is 11.1. The van der Waals surface area contributed by atoms with E-state index >= 15 is 0 Å². The summed E-state index contributed by atoms with van der Waals surface area (Å²) in [4.78, 5) is 0. The Bertz CT molecular complexity index is 322. The van der Waals surface area contributed by atoms with Gasteiger partial charge in [-0.2, -0.15) is 0 Å². The lowest BCUT2D eigenvalue weighted by Gasteiger charge is -2.23. The number of hydrogen-bond donors (Lipinski definition) is 1. The number of aromatic nitrogens is 3. The molecule has 0 atom stereocenters. The predicted molar refractivity (Wildman–Crippen MR) is 67.7 cm³/mol. The summed E-state index contributed by atoms with van der Waals surface area (Å²) in [5.41, 5.74) is 5.88. The molecule has 0 bridgehead atoms. The van der Waals surface area contributed by atoms with Crippen molar-refractivity contribution in [3.8, 4) is 0 Å². The van der Waals surface area contributed by atoms with Gasteiger partial charge in [-0.1, -0.05) is 13.8 Å². The summed E-state index contributed by atoms with van der Waals surface area (Å²) < 4.78 is 7.12. The van der Waals surface area contributed by atoms with Crippen LogP contribution in [0.25, 0.3) is 0 Å². The number of rotatable bonds is 8. The van der Waals surface area contributed by atoms with Crippen LogP contribution in [0.1, 0.15) is 32.5 Å². The number of aryl methyl sites for hydroxylation is 1. The fourth-order valence-electron chi connectivity index (χ4n) is 1.81. The van der Waals surface area contributed by atoms with E-state index in [4.69, 9.17) is 10.5 Å². The Hall–Kier alpha value is -0.940. The molecule has 0 aromatic carbocycles. The van der Waals surface area contributed by atoms with Crippen LogP contribution in [0.3, 0.4) is 0 Å². The summed E-state index contributed by atoms with van der Waals surface area (Å²) >= 11 is 0. The summed E-state index contributed by atoms with van der Waals surface area (Å²) in [6.45, 7) is 6.74. The molecule has 1 aromatic rings. The van der Waals surface area contributed by atoms with E-state index in [1.165, 1.54) is 0 Å². The van der Waals surface area contributed by atoms with Crippen LogP contribution in [0, 0.1) is 5.41 Å². The van der Waals surface area contributed by atoms with Crippen LogP contribution >= 0.6 is 0 Å². The van der Waals surface area contributed by atoms with Crippen molar-refractivity contribution >= 4 is 0 Å². The van der Waals surface area contributed by atoms with Gasteiger partial charge in [-0.25, -0.2) is 0 Å². The van der Waals surface area contributed by atoms with Gasteiger partial charge in [0.05, 0.1) is 6.61 Å². The van der Waals surface area contributed by atoms with Gasteiger partial charge in [0, 0.05) is 20.1 Å². The van der Waals surface area contributed by atoms with Crippen LogP contribution in [-0.4, -0.2) is 35.0 Å². The van der Waals surface area contributed by atoms with Gasteiger partial charge in [0.15, 0.2) is 0 Å². The first-order valence-corrected chi connectivity index (χ1v) is 6.15. The fraction of sp³-hybridized carbons (Fsp3) is 0.833. The third-order valence-electron chi connectivity index (χ3n) is 3.08. The first-order valence-electron chi connectivity index (χ1n) is 6.15. The molecule has 1 rings (SSSR count). The van der Waals surface area contributed by atoms with E-state index in [1.807, 2.05) is 0 Å². The minimum Gasteiger partial charge on any atom is -0.383 e. The van der Waals surface area contributed by atoms with Crippen LogP contribution in [0.4, 0.5) is 0 Å². The standard InChI is InChI=1S/C12H24N4O/c1-12(2,6-7-13)5-4-11-15-14-10-16(11)8-9-17-3/h10H,4-9,13H2,1-3H3. The van der Waals surface area contributed by atoms with Gasteiger partial charge in [0.2, 0.25) is 0 Å². The lowest BCUT2D eigenvalue weighted by molar-refractivity contribution is 0.186. The van der Waals surface area contributed by atoms with Gasteiger partial charge in [-0.3, -0.25) is 0 Å². The molecule has 0 saturated carbocycles. The molecule has 5 nitrogen and oxygen atoms in total. The molecule has 0 amide bonds. The average molecular weight is 240 g/mol. The third-order valence-corrected chi connectivity index (χ3v) is 3.08. The third kappa shape index (κ3) is 4.83. The van der Waals surface area contributed by atoms with Crippen LogP contribution in [0.15, 0.2) is 6.33 Å². The summed E-state index contributed by atoms with van der Waals surface area (Å²) in [7, 11) is 1.70. The second-order valence-electron chi connectivity index (χ2n) is 5.14. The summed E-state index contributed by atoms with van der Waals surface area (Å²) in [6.07, 6.45) is 4.83. The highest BCUT2D eigenvalue weighted by Crippen LogP contribution is 2.25. The lowest BCUT2D eigenvalue weighted by Crippen LogP contribution is -2.19. The highest BCUT2D eigenvalue weighted by Gasteiger charge is 2.18. The highest BCUT2D eigenvalue weighted by atomic mass is 16.5. The fourth-order valence-corrected chi connectivity index (χ4v) is 1.81. The summed E-state index contributed by atoms with van der Waals surface area (Å²) in [6, 6.07) is 0. The summed E-state index contributed by atoms with van der Waals surface area (Å²) in [5, 5.41) is 8.11. The summed E-state index contributed by atoms with van der Waals surface area (Å²) in [5.74, 6) is 1.03. The second-order valence-corrected chi connectivity index (χ2v) is 5.14. The monoisotopic (exact) mass is 240 g/mol. The topological polar surface area (TPSA) is 66.0 Å². The van der Waals surface area contributed by atoms with Gasteiger partial charge < -0.3 is 15.0 Å². The Balaban J connectivity index is 2.48. The Morgan fingerprint density at radius 3 is 2.82 bits per heavy atom. The maximum Gasteiger partial charge on any atom is 0.132 e. The van der Waals surface area contributed by atoms with E-state index < -0.39 is 0 Å².